The van der Waals surface area contributed by atoms with E-state index in [-0.39, 0.29) is 24.7 Å². The summed E-state index contributed by atoms with van der Waals surface area (Å²) >= 11 is 0. The van der Waals surface area contributed by atoms with Crippen LogP contribution in [0.2, 0.25) is 0 Å². The number of ether oxygens (including phenoxy) is 1. The van der Waals surface area contributed by atoms with Gasteiger partial charge >= 0.3 is 0 Å². The van der Waals surface area contributed by atoms with Crippen molar-refractivity contribution in [2.45, 2.75) is 44.9 Å². The Morgan fingerprint density at radius 1 is 1.02 bits per heavy atom. The Kier molecular flexibility index (Phi) is 9.78. The van der Waals surface area contributed by atoms with E-state index in [4.69, 9.17) is 4.74 Å². The minimum Gasteiger partial charge on any atom is -0.362 e. The van der Waals surface area contributed by atoms with Crippen molar-refractivity contribution in [1.82, 2.24) is 20.1 Å². The molecule has 1 unspecified atom stereocenters. The molecule has 1 aromatic heterocycles. The zero-order chi connectivity index (χ0) is 31.9. The van der Waals surface area contributed by atoms with Gasteiger partial charge in [0.05, 0.1) is 13.0 Å². The van der Waals surface area contributed by atoms with Crippen molar-refractivity contribution in [2.24, 2.45) is 0 Å². The highest BCUT2D eigenvalue weighted by molar-refractivity contribution is 5.95. The van der Waals surface area contributed by atoms with Crippen molar-refractivity contribution in [3.63, 3.8) is 0 Å². The first-order valence-corrected chi connectivity index (χ1v) is 16.2. The van der Waals surface area contributed by atoms with E-state index < -0.39 is 5.79 Å². The average molecular weight is 619 g/mol. The topological polar surface area (TPSA) is 97.9 Å². The number of hydrogen-bond acceptors (Lipinski definition) is 5. The standard InChI is InChI=1S/C38H42N4O4/c1-2-46-38(45)17-15-33(16-18-38)42(36(43)25-32-26-40-35-14-4-3-13-34(32)35)27-28-9-7-10-29(23-28)30-11-8-12-31(24-30)37(44)39-19-22-41-20-5-6-21-41/h3-4,7-17,23-24,26,40,45H,2,5-6,18-22,25,27H2,1H3,(H,39,44). The number of likely N-dealkylation sites (tertiary alicyclic amines) is 1. The van der Waals surface area contributed by atoms with Crippen LogP contribution in [0.15, 0.2) is 103 Å². The van der Waals surface area contributed by atoms with E-state index in [9.17, 15) is 14.7 Å². The van der Waals surface area contributed by atoms with Gasteiger partial charge in [-0.2, -0.15) is 0 Å². The largest absolute Gasteiger partial charge is 0.362 e. The summed E-state index contributed by atoms with van der Waals surface area (Å²) in [5.74, 6) is -1.51. The summed E-state index contributed by atoms with van der Waals surface area (Å²) in [5.41, 5.74) is 6.11. The van der Waals surface area contributed by atoms with Gasteiger partial charge in [-0.05, 0) is 91.5 Å². The van der Waals surface area contributed by atoms with Crippen LogP contribution < -0.4 is 5.32 Å². The summed E-state index contributed by atoms with van der Waals surface area (Å²) in [7, 11) is 0. The Balaban J connectivity index is 1.21. The van der Waals surface area contributed by atoms with Gasteiger partial charge in [-0.3, -0.25) is 9.59 Å². The zero-order valence-electron chi connectivity index (χ0n) is 26.4. The fourth-order valence-corrected chi connectivity index (χ4v) is 6.33. The number of allylic oxidation sites excluding steroid dienone is 1. The van der Waals surface area contributed by atoms with E-state index in [1.807, 2.05) is 85.9 Å². The zero-order valence-corrected chi connectivity index (χ0v) is 26.4. The van der Waals surface area contributed by atoms with E-state index in [1.54, 1.807) is 17.1 Å². The number of carbonyl (C=O) groups is 2. The molecule has 4 aromatic rings. The first-order valence-electron chi connectivity index (χ1n) is 16.2. The maximum absolute atomic E-state index is 14.0. The number of nitrogens with one attached hydrogen (secondary N) is 2. The predicted molar refractivity (Wildman–Crippen MR) is 181 cm³/mol. The van der Waals surface area contributed by atoms with E-state index in [0.717, 1.165) is 52.8 Å². The Morgan fingerprint density at radius 3 is 2.59 bits per heavy atom. The van der Waals surface area contributed by atoms with Crippen LogP contribution in [0, 0.1) is 0 Å². The summed E-state index contributed by atoms with van der Waals surface area (Å²) in [6.07, 6.45) is 10.1. The van der Waals surface area contributed by atoms with Gasteiger partial charge in [0, 0.05) is 54.5 Å². The summed E-state index contributed by atoms with van der Waals surface area (Å²) in [6, 6.07) is 23.7. The SMILES string of the molecule is CCOC1(O)C=CC(N(Cc2cccc(-c3cccc(C(=O)NCCN4CCCC4)c3)c2)C(=O)Cc2c[nH]c3ccccc23)=CC1. The molecular weight excluding hydrogens is 576 g/mol. The maximum atomic E-state index is 14.0. The molecule has 2 heterocycles. The number of aromatic amines is 1. The third kappa shape index (κ3) is 7.48. The van der Waals surface area contributed by atoms with Gasteiger partial charge < -0.3 is 29.9 Å². The molecule has 3 N–H and O–H groups in total. The molecular formula is C38H42N4O4. The number of fused-ring (bicyclic) bond motifs is 1. The molecule has 3 aromatic carbocycles. The Bertz CT molecular complexity index is 1750. The Morgan fingerprint density at radius 2 is 1.80 bits per heavy atom. The van der Waals surface area contributed by atoms with E-state index in [0.29, 0.717) is 31.0 Å². The molecule has 0 radical (unpaired) electrons. The van der Waals surface area contributed by atoms with Gasteiger partial charge in [-0.25, -0.2) is 0 Å². The second-order valence-electron chi connectivity index (χ2n) is 12.0. The summed E-state index contributed by atoms with van der Waals surface area (Å²) < 4.78 is 5.53. The number of benzene rings is 3. The maximum Gasteiger partial charge on any atom is 0.251 e. The first kappa shape index (κ1) is 31.5. The Hall–Kier alpha value is -4.50. The molecule has 8 nitrogen and oxygen atoms in total. The fourth-order valence-electron chi connectivity index (χ4n) is 6.33. The molecule has 1 aliphatic heterocycles. The molecule has 2 amide bonds. The van der Waals surface area contributed by atoms with Gasteiger partial charge in [0.2, 0.25) is 5.91 Å². The summed E-state index contributed by atoms with van der Waals surface area (Å²) in [6.45, 7) is 6.28. The molecule has 2 aliphatic rings. The molecule has 1 fully saturated rings. The molecule has 1 aliphatic carbocycles. The minimum atomic E-state index is -1.38. The molecule has 6 rings (SSSR count). The van der Waals surface area contributed by atoms with Crippen molar-refractivity contribution in [2.75, 3.05) is 32.8 Å². The average Bonchev–Trinajstić information content (AvgIpc) is 3.75. The number of amides is 2. The van der Waals surface area contributed by atoms with Gasteiger partial charge in [0.25, 0.3) is 5.91 Å². The molecule has 8 heteroatoms. The summed E-state index contributed by atoms with van der Waals surface area (Å²) in [4.78, 5) is 34.4. The molecule has 0 bridgehead atoms. The van der Waals surface area contributed by atoms with Gasteiger partial charge in [0.1, 0.15) is 0 Å². The number of para-hydroxylation sites is 1. The van der Waals surface area contributed by atoms with E-state index in [2.05, 4.69) is 21.3 Å². The van der Waals surface area contributed by atoms with Crippen LogP contribution in [0.1, 0.15) is 47.7 Å². The number of H-pyrrole nitrogens is 1. The lowest BCUT2D eigenvalue weighted by Gasteiger charge is -2.31. The van der Waals surface area contributed by atoms with Crippen molar-refractivity contribution < 1.29 is 19.4 Å². The summed E-state index contributed by atoms with van der Waals surface area (Å²) in [5, 5.41) is 14.8. The number of aliphatic hydroxyl groups is 1. The third-order valence-corrected chi connectivity index (χ3v) is 8.78. The monoisotopic (exact) mass is 618 g/mol. The first-order chi connectivity index (χ1) is 22.4. The van der Waals surface area contributed by atoms with Crippen LogP contribution in [0.4, 0.5) is 0 Å². The fraction of sp³-hybridized carbons (Fsp3) is 0.316. The van der Waals surface area contributed by atoms with Gasteiger partial charge in [-0.15, -0.1) is 0 Å². The van der Waals surface area contributed by atoms with Crippen LogP contribution in [0.25, 0.3) is 22.0 Å². The lowest BCUT2D eigenvalue weighted by molar-refractivity contribution is -0.161. The highest BCUT2D eigenvalue weighted by Gasteiger charge is 2.28. The minimum absolute atomic E-state index is 0.0551. The third-order valence-electron chi connectivity index (χ3n) is 8.78. The molecule has 238 valence electrons. The van der Waals surface area contributed by atoms with Crippen LogP contribution >= 0.6 is 0 Å². The van der Waals surface area contributed by atoms with Crippen molar-refractivity contribution in [3.05, 3.63) is 120 Å². The molecule has 0 spiro atoms. The molecule has 0 saturated carbocycles. The Labute approximate surface area is 270 Å². The van der Waals surface area contributed by atoms with E-state index in [1.165, 1.54) is 12.8 Å². The normalized spacial score (nSPS) is 18.1. The van der Waals surface area contributed by atoms with Crippen LogP contribution in [0.5, 0.6) is 0 Å². The van der Waals surface area contributed by atoms with Gasteiger partial charge in [0.15, 0.2) is 5.79 Å². The highest BCUT2D eigenvalue weighted by Crippen LogP contribution is 2.28. The molecule has 1 atom stereocenters. The lowest BCUT2D eigenvalue weighted by atomic mass is 9.99. The van der Waals surface area contributed by atoms with Crippen molar-refractivity contribution in [1.29, 1.82) is 0 Å². The van der Waals surface area contributed by atoms with E-state index >= 15 is 0 Å². The smallest absolute Gasteiger partial charge is 0.251 e. The van der Waals surface area contributed by atoms with Crippen molar-refractivity contribution in [3.8, 4) is 11.1 Å². The van der Waals surface area contributed by atoms with Crippen LogP contribution in [-0.2, 0) is 22.5 Å². The number of carbonyl (C=O) groups excluding carboxylic acids is 2. The number of rotatable bonds is 12. The molecule has 46 heavy (non-hydrogen) atoms. The number of aromatic nitrogens is 1. The van der Waals surface area contributed by atoms with Gasteiger partial charge in [-0.1, -0.05) is 54.6 Å². The lowest BCUT2D eigenvalue weighted by Crippen LogP contribution is -2.35. The number of nitrogens with zero attached hydrogens (tertiary/aromatic N) is 2. The molecule has 1 saturated heterocycles. The second-order valence-corrected chi connectivity index (χ2v) is 12.0. The van der Waals surface area contributed by atoms with Crippen LogP contribution in [-0.4, -0.2) is 70.3 Å². The predicted octanol–water partition coefficient (Wildman–Crippen LogP) is 5.80. The second kappa shape index (κ2) is 14.3. The quantitative estimate of drug-likeness (QED) is 0.174. The van der Waals surface area contributed by atoms with Crippen molar-refractivity contribution >= 4 is 22.7 Å². The van der Waals surface area contributed by atoms with Crippen LogP contribution in [0.3, 0.4) is 0 Å². The highest BCUT2D eigenvalue weighted by atomic mass is 16.6. The number of hydrogen-bond donors (Lipinski definition) is 3.